The van der Waals surface area contributed by atoms with E-state index in [0.717, 1.165) is 5.57 Å². The maximum absolute atomic E-state index is 12.5. The van der Waals surface area contributed by atoms with Crippen LogP contribution >= 0.6 is 0 Å². The number of aliphatic hydroxyl groups excluding tert-OH is 2. The molecule has 2 saturated carbocycles. The molecule has 0 aromatic heterocycles. The minimum absolute atomic E-state index is 0.143. The van der Waals surface area contributed by atoms with E-state index in [4.69, 9.17) is 9.47 Å². The molecule has 0 aromatic rings. The van der Waals surface area contributed by atoms with E-state index in [1.807, 2.05) is 20.8 Å². The van der Waals surface area contributed by atoms with E-state index in [-0.39, 0.29) is 42.5 Å². The molecule has 5 aliphatic rings. The predicted molar refractivity (Wildman–Crippen MR) is 91.0 cm³/mol. The van der Waals surface area contributed by atoms with Gasteiger partial charge >= 0.3 is 5.97 Å². The lowest BCUT2D eigenvalue weighted by Gasteiger charge is -2.67. The SMILES string of the molecule is CC1=CC(=O)[C@@H](O)[C@]2(C)[C@@H]3C45CO[C@]3(O)[C@H](O)[C@H](C)[C@@H]4CC(=O)O[C@@H]5C[C@@H]12. The number of carbonyl (C=O) groups excluding carboxylic acids is 2. The highest BCUT2D eigenvalue weighted by Crippen LogP contribution is 2.73. The Labute approximate surface area is 157 Å². The fourth-order valence-corrected chi connectivity index (χ4v) is 7.54. The molecular weight excluding hydrogens is 352 g/mol. The van der Waals surface area contributed by atoms with Crippen LogP contribution in [0, 0.1) is 34.5 Å². The maximum atomic E-state index is 12.5. The average Bonchev–Trinajstić information content (AvgIpc) is 2.90. The number of carbonyl (C=O) groups is 2. The molecule has 2 bridgehead atoms. The van der Waals surface area contributed by atoms with Crippen molar-refractivity contribution in [2.24, 2.45) is 34.5 Å². The predicted octanol–water partition coefficient (Wildman–Crippen LogP) is 0.166. The molecule has 2 aliphatic heterocycles. The normalized spacial score (nSPS) is 58.9. The minimum Gasteiger partial charge on any atom is -0.462 e. The summed E-state index contributed by atoms with van der Waals surface area (Å²) in [4.78, 5) is 24.9. The van der Waals surface area contributed by atoms with Gasteiger partial charge in [0.25, 0.3) is 0 Å². The number of hydrogen-bond acceptors (Lipinski definition) is 7. The summed E-state index contributed by atoms with van der Waals surface area (Å²) in [6, 6.07) is 0. The van der Waals surface area contributed by atoms with Crippen LogP contribution in [0.4, 0.5) is 0 Å². The first-order valence-electron chi connectivity index (χ1n) is 9.72. The van der Waals surface area contributed by atoms with Gasteiger partial charge in [0.1, 0.15) is 18.3 Å². The summed E-state index contributed by atoms with van der Waals surface area (Å²) in [5.74, 6) is -4.15. The van der Waals surface area contributed by atoms with Crippen molar-refractivity contribution in [3.05, 3.63) is 11.6 Å². The summed E-state index contributed by atoms with van der Waals surface area (Å²) >= 11 is 0. The largest absolute Gasteiger partial charge is 0.462 e. The van der Waals surface area contributed by atoms with E-state index < -0.39 is 40.8 Å². The van der Waals surface area contributed by atoms with Crippen LogP contribution in [0.15, 0.2) is 11.6 Å². The van der Waals surface area contributed by atoms with Gasteiger partial charge < -0.3 is 24.8 Å². The first kappa shape index (κ1) is 17.8. The molecule has 3 N–H and O–H groups in total. The molecule has 5 rings (SSSR count). The smallest absolute Gasteiger partial charge is 0.306 e. The number of allylic oxidation sites excluding steroid dienone is 1. The Hall–Kier alpha value is -1.28. The molecule has 0 radical (unpaired) electrons. The molecule has 7 heteroatoms. The third kappa shape index (κ3) is 1.74. The average molecular weight is 378 g/mol. The van der Waals surface area contributed by atoms with E-state index in [1.165, 1.54) is 6.08 Å². The minimum atomic E-state index is -1.88. The van der Waals surface area contributed by atoms with E-state index in [1.54, 1.807) is 0 Å². The zero-order chi connectivity index (χ0) is 19.5. The van der Waals surface area contributed by atoms with Crippen molar-refractivity contribution in [2.75, 3.05) is 6.61 Å². The monoisotopic (exact) mass is 378 g/mol. The molecule has 2 heterocycles. The third-order valence-electron chi connectivity index (χ3n) is 8.61. The van der Waals surface area contributed by atoms with Crippen LogP contribution < -0.4 is 0 Å². The molecule has 0 amide bonds. The molecule has 148 valence electrons. The standard InChI is InChI=1S/C20H26O7/c1-8-4-12(21)16(24)18(3)10(8)5-13-19-7-26-20(25,17(18)19)15(23)9(2)11(19)6-14(22)27-13/h4,9-11,13,15-17,23-25H,5-7H2,1-3H3/t9-,10+,11+,13-,15-,16-,17-,18-,19?,20-/m1/s1. The van der Waals surface area contributed by atoms with Gasteiger partial charge in [0.05, 0.1) is 6.61 Å². The first-order valence-corrected chi connectivity index (χ1v) is 9.72. The quantitative estimate of drug-likeness (QED) is 0.515. The molecular formula is C20H26O7. The van der Waals surface area contributed by atoms with Gasteiger partial charge in [-0.2, -0.15) is 0 Å². The molecule has 1 spiro atoms. The Kier molecular flexibility index (Phi) is 3.30. The second kappa shape index (κ2) is 5.00. The van der Waals surface area contributed by atoms with Crippen molar-refractivity contribution in [3.8, 4) is 0 Å². The van der Waals surface area contributed by atoms with E-state index in [9.17, 15) is 24.9 Å². The van der Waals surface area contributed by atoms with E-state index >= 15 is 0 Å². The molecule has 0 aromatic carbocycles. The van der Waals surface area contributed by atoms with Crippen LogP contribution in [0.25, 0.3) is 0 Å². The second-order valence-corrected chi connectivity index (χ2v) is 9.53. The molecule has 2 saturated heterocycles. The Morgan fingerprint density at radius 1 is 1.26 bits per heavy atom. The first-order chi connectivity index (χ1) is 12.6. The summed E-state index contributed by atoms with van der Waals surface area (Å²) in [5.41, 5.74) is -0.927. The number of hydrogen-bond donors (Lipinski definition) is 3. The van der Waals surface area contributed by atoms with Gasteiger partial charge in [0.15, 0.2) is 11.6 Å². The Morgan fingerprint density at radius 2 is 1.96 bits per heavy atom. The van der Waals surface area contributed by atoms with Crippen molar-refractivity contribution < 1.29 is 34.4 Å². The van der Waals surface area contributed by atoms with Gasteiger partial charge in [-0.25, -0.2) is 0 Å². The van der Waals surface area contributed by atoms with Gasteiger partial charge in [0, 0.05) is 23.2 Å². The summed E-state index contributed by atoms with van der Waals surface area (Å²) in [6.07, 6.45) is -0.917. The fraction of sp³-hybridized carbons (Fsp3) is 0.800. The highest BCUT2D eigenvalue weighted by atomic mass is 16.6. The van der Waals surface area contributed by atoms with Crippen molar-refractivity contribution in [2.45, 2.75) is 57.7 Å². The molecule has 10 atom stereocenters. The Morgan fingerprint density at radius 3 is 2.67 bits per heavy atom. The number of ketones is 1. The van der Waals surface area contributed by atoms with Crippen molar-refractivity contribution >= 4 is 11.8 Å². The fourth-order valence-electron chi connectivity index (χ4n) is 7.54. The topological polar surface area (TPSA) is 113 Å². The van der Waals surface area contributed by atoms with Gasteiger partial charge in [0.2, 0.25) is 0 Å². The zero-order valence-electron chi connectivity index (χ0n) is 15.7. The number of ether oxygens (including phenoxy) is 2. The summed E-state index contributed by atoms with van der Waals surface area (Å²) in [5, 5.41) is 33.5. The summed E-state index contributed by atoms with van der Waals surface area (Å²) < 4.78 is 11.6. The summed E-state index contributed by atoms with van der Waals surface area (Å²) in [6.45, 7) is 5.62. The van der Waals surface area contributed by atoms with Gasteiger partial charge in [-0.15, -0.1) is 0 Å². The van der Waals surface area contributed by atoms with Gasteiger partial charge in [-0.1, -0.05) is 19.4 Å². The van der Waals surface area contributed by atoms with Crippen LogP contribution in [0.5, 0.6) is 0 Å². The van der Waals surface area contributed by atoms with Crippen LogP contribution in [-0.4, -0.2) is 57.8 Å². The molecule has 4 fully saturated rings. The lowest BCUT2D eigenvalue weighted by atomic mass is 9.38. The molecule has 7 nitrogen and oxygen atoms in total. The Bertz CT molecular complexity index is 776. The molecule has 1 unspecified atom stereocenters. The highest BCUT2D eigenvalue weighted by molar-refractivity contribution is 5.96. The zero-order valence-corrected chi connectivity index (χ0v) is 15.7. The van der Waals surface area contributed by atoms with Crippen LogP contribution in [0.1, 0.15) is 33.6 Å². The van der Waals surface area contributed by atoms with Gasteiger partial charge in [-0.05, 0) is 37.2 Å². The number of aliphatic hydroxyl groups is 3. The van der Waals surface area contributed by atoms with Gasteiger partial charge in [-0.3, -0.25) is 9.59 Å². The van der Waals surface area contributed by atoms with E-state index in [2.05, 4.69) is 0 Å². The van der Waals surface area contributed by atoms with Crippen molar-refractivity contribution in [3.63, 3.8) is 0 Å². The number of fused-ring (bicyclic) bond motifs is 1. The Balaban J connectivity index is 1.78. The third-order valence-corrected chi connectivity index (χ3v) is 8.61. The second-order valence-electron chi connectivity index (χ2n) is 9.53. The highest BCUT2D eigenvalue weighted by Gasteiger charge is 2.81. The van der Waals surface area contributed by atoms with E-state index in [0.29, 0.717) is 6.42 Å². The number of rotatable bonds is 0. The van der Waals surface area contributed by atoms with Crippen LogP contribution in [-0.2, 0) is 19.1 Å². The van der Waals surface area contributed by atoms with Crippen molar-refractivity contribution in [1.29, 1.82) is 0 Å². The molecule has 27 heavy (non-hydrogen) atoms. The molecule has 3 aliphatic carbocycles. The lowest BCUT2D eigenvalue weighted by molar-refractivity contribution is -0.332. The van der Waals surface area contributed by atoms with Crippen molar-refractivity contribution in [1.82, 2.24) is 0 Å². The lowest BCUT2D eigenvalue weighted by Crippen LogP contribution is -2.75. The maximum Gasteiger partial charge on any atom is 0.306 e. The van der Waals surface area contributed by atoms with Crippen LogP contribution in [0.2, 0.25) is 0 Å². The van der Waals surface area contributed by atoms with Crippen LogP contribution in [0.3, 0.4) is 0 Å². The summed E-state index contributed by atoms with van der Waals surface area (Å²) in [7, 11) is 0. The number of esters is 1.